The van der Waals surface area contributed by atoms with Gasteiger partial charge in [0.05, 0.1) is 10.2 Å². The monoisotopic (exact) mass is 401 g/mol. The number of amides is 1. The van der Waals surface area contributed by atoms with Crippen LogP contribution in [0.15, 0.2) is 34.8 Å². The lowest BCUT2D eigenvalue weighted by Crippen LogP contribution is -2.39. The van der Waals surface area contributed by atoms with Crippen LogP contribution in [-0.2, 0) is 0 Å². The summed E-state index contributed by atoms with van der Waals surface area (Å²) in [4.78, 5) is 15.3. The van der Waals surface area contributed by atoms with E-state index in [2.05, 4.69) is 62.2 Å². The Morgan fingerprint density at radius 2 is 2.08 bits per heavy atom. The van der Waals surface area contributed by atoms with E-state index in [9.17, 15) is 4.79 Å². The van der Waals surface area contributed by atoms with E-state index in [0.29, 0.717) is 17.5 Å². The molecule has 1 saturated heterocycles. The lowest BCUT2D eigenvalue weighted by molar-refractivity contribution is 0.0707. The molecule has 0 unspecified atom stereocenters. The van der Waals surface area contributed by atoms with E-state index in [1.165, 1.54) is 18.4 Å². The number of halogens is 1. The molecule has 2 aromatic rings. The van der Waals surface area contributed by atoms with Crippen molar-refractivity contribution in [3.63, 3.8) is 0 Å². The Kier molecular flexibility index (Phi) is 4.67. The first-order valence-corrected chi connectivity index (χ1v) is 10.1. The van der Waals surface area contributed by atoms with Gasteiger partial charge in [-0.1, -0.05) is 37.3 Å². The predicted octanol–water partition coefficient (Wildman–Crippen LogP) is 4.85. The molecule has 25 heavy (non-hydrogen) atoms. The molecule has 1 aromatic heterocycles. The Balaban J connectivity index is 1.59. The number of carbonyl (C=O) groups is 1. The summed E-state index contributed by atoms with van der Waals surface area (Å²) in [5, 5.41) is 7.44. The highest BCUT2D eigenvalue weighted by molar-refractivity contribution is 9.10. The Hall–Kier alpha value is -1.62. The van der Waals surface area contributed by atoms with Crippen LogP contribution in [0, 0.1) is 0 Å². The molecule has 1 aromatic carbocycles. The average Bonchev–Trinajstić information content (AvgIpc) is 3.23. The molecule has 0 bridgehead atoms. The molecule has 2 heterocycles. The van der Waals surface area contributed by atoms with Crippen molar-refractivity contribution in [2.45, 2.75) is 56.9 Å². The van der Waals surface area contributed by atoms with Crippen LogP contribution in [0.5, 0.6) is 0 Å². The summed E-state index contributed by atoms with van der Waals surface area (Å²) in [6, 6.07) is 10.9. The summed E-state index contributed by atoms with van der Waals surface area (Å²) in [6.07, 6.45) is 5.54. The van der Waals surface area contributed by atoms with Crippen LogP contribution in [0.1, 0.15) is 72.6 Å². The molecule has 1 saturated carbocycles. The first-order chi connectivity index (χ1) is 12.2. The molecule has 1 aliphatic heterocycles. The summed E-state index contributed by atoms with van der Waals surface area (Å²) in [5.41, 5.74) is 2.97. The van der Waals surface area contributed by atoms with Crippen LogP contribution in [0.2, 0.25) is 0 Å². The molecule has 5 heteroatoms. The van der Waals surface area contributed by atoms with E-state index >= 15 is 0 Å². The zero-order valence-corrected chi connectivity index (χ0v) is 16.1. The molecule has 0 radical (unpaired) electrons. The van der Waals surface area contributed by atoms with E-state index in [4.69, 9.17) is 0 Å². The van der Waals surface area contributed by atoms with Gasteiger partial charge in [-0.3, -0.25) is 9.89 Å². The van der Waals surface area contributed by atoms with Crippen LogP contribution in [-0.4, -0.2) is 33.6 Å². The molecule has 4 nitrogen and oxygen atoms in total. The highest BCUT2D eigenvalue weighted by Crippen LogP contribution is 2.43. The molecule has 2 atom stereocenters. The molecule has 2 aliphatic rings. The third-order valence-electron chi connectivity index (χ3n) is 5.61. The minimum absolute atomic E-state index is 0.0620. The fourth-order valence-corrected chi connectivity index (χ4v) is 4.83. The Bertz CT molecular complexity index is 754. The third-order valence-corrected chi connectivity index (χ3v) is 6.42. The van der Waals surface area contributed by atoms with Gasteiger partial charge in [0.25, 0.3) is 5.91 Å². The van der Waals surface area contributed by atoms with E-state index in [0.717, 1.165) is 36.0 Å². The molecule has 1 N–H and O–H groups in total. The van der Waals surface area contributed by atoms with E-state index in [-0.39, 0.29) is 11.9 Å². The van der Waals surface area contributed by atoms with Crippen molar-refractivity contribution in [2.75, 3.05) is 6.54 Å². The van der Waals surface area contributed by atoms with Gasteiger partial charge in [0.1, 0.15) is 0 Å². The molecule has 0 spiro atoms. The predicted molar refractivity (Wildman–Crippen MR) is 102 cm³/mol. The first-order valence-electron chi connectivity index (χ1n) is 9.30. The second-order valence-electron chi connectivity index (χ2n) is 7.21. The Morgan fingerprint density at radius 1 is 1.32 bits per heavy atom. The zero-order valence-electron chi connectivity index (χ0n) is 14.5. The van der Waals surface area contributed by atoms with Crippen LogP contribution >= 0.6 is 15.9 Å². The Labute approximate surface area is 157 Å². The SMILES string of the molecule is CC[C@@H](c1ccccc1)[C@@H]1CCCN1C(=O)c1n[nH]c(C2CC2)c1Br. The lowest BCUT2D eigenvalue weighted by Gasteiger charge is -2.31. The smallest absolute Gasteiger partial charge is 0.275 e. The van der Waals surface area contributed by atoms with Gasteiger partial charge in [-0.2, -0.15) is 5.10 Å². The molecule has 4 rings (SSSR count). The maximum Gasteiger partial charge on any atom is 0.275 e. The molecular formula is C20H24BrN3O. The number of likely N-dealkylation sites (tertiary alicyclic amines) is 1. The second-order valence-corrected chi connectivity index (χ2v) is 8.00. The fraction of sp³-hybridized carbons (Fsp3) is 0.500. The summed E-state index contributed by atoms with van der Waals surface area (Å²) in [7, 11) is 0. The number of nitrogens with zero attached hydrogens (tertiary/aromatic N) is 2. The maximum atomic E-state index is 13.2. The van der Waals surface area contributed by atoms with E-state index in [1.54, 1.807) is 0 Å². The summed E-state index contributed by atoms with van der Waals surface area (Å²) >= 11 is 3.62. The molecule has 1 aliphatic carbocycles. The minimum Gasteiger partial charge on any atom is -0.334 e. The molecule has 1 amide bonds. The lowest BCUT2D eigenvalue weighted by atomic mass is 9.87. The number of H-pyrrole nitrogens is 1. The topological polar surface area (TPSA) is 49.0 Å². The van der Waals surface area contributed by atoms with Gasteiger partial charge < -0.3 is 4.90 Å². The number of carbonyl (C=O) groups excluding carboxylic acids is 1. The van der Waals surface area contributed by atoms with Crippen LogP contribution in [0.25, 0.3) is 0 Å². The first kappa shape index (κ1) is 16.8. The molecular weight excluding hydrogens is 378 g/mol. The van der Waals surface area contributed by atoms with Crippen molar-refractivity contribution in [3.8, 4) is 0 Å². The van der Waals surface area contributed by atoms with E-state index < -0.39 is 0 Å². The van der Waals surface area contributed by atoms with Gasteiger partial charge in [0, 0.05) is 24.4 Å². The zero-order chi connectivity index (χ0) is 17.4. The number of benzene rings is 1. The number of nitrogens with one attached hydrogen (secondary N) is 1. The maximum absolute atomic E-state index is 13.2. The third kappa shape index (κ3) is 3.14. The highest BCUT2D eigenvalue weighted by atomic mass is 79.9. The molecule has 132 valence electrons. The number of hydrogen-bond donors (Lipinski definition) is 1. The summed E-state index contributed by atoms with van der Waals surface area (Å²) in [6.45, 7) is 3.04. The highest BCUT2D eigenvalue weighted by Gasteiger charge is 2.38. The number of aromatic nitrogens is 2. The van der Waals surface area contributed by atoms with Gasteiger partial charge >= 0.3 is 0 Å². The van der Waals surface area contributed by atoms with Crippen molar-refractivity contribution in [1.29, 1.82) is 0 Å². The van der Waals surface area contributed by atoms with Gasteiger partial charge in [-0.05, 0) is 53.6 Å². The van der Waals surface area contributed by atoms with Gasteiger partial charge in [-0.25, -0.2) is 0 Å². The largest absolute Gasteiger partial charge is 0.334 e. The normalized spacial score (nSPS) is 21.5. The van der Waals surface area contributed by atoms with Crippen molar-refractivity contribution in [1.82, 2.24) is 15.1 Å². The van der Waals surface area contributed by atoms with Gasteiger partial charge in [-0.15, -0.1) is 0 Å². The summed E-state index contributed by atoms with van der Waals surface area (Å²) in [5.74, 6) is 0.991. The van der Waals surface area contributed by atoms with Crippen molar-refractivity contribution in [2.24, 2.45) is 0 Å². The quantitative estimate of drug-likeness (QED) is 0.778. The van der Waals surface area contributed by atoms with Crippen molar-refractivity contribution >= 4 is 21.8 Å². The number of hydrogen-bond acceptors (Lipinski definition) is 2. The minimum atomic E-state index is 0.0620. The second kappa shape index (κ2) is 6.94. The van der Waals surface area contributed by atoms with E-state index in [1.807, 2.05) is 6.07 Å². The summed E-state index contributed by atoms with van der Waals surface area (Å²) < 4.78 is 0.874. The van der Waals surface area contributed by atoms with Crippen molar-refractivity contribution < 1.29 is 4.79 Å². The van der Waals surface area contributed by atoms with Crippen LogP contribution < -0.4 is 0 Å². The van der Waals surface area contributed by atoms with Crippen molar-refractivity contribution in [3.05, 3.63) is 51.8 Å². The standard InChI is InChI=1S/C20H24BrN3O/c1-2-15(13-7-4-3-5-8-13)16-9-6-12-24(16)20(25)19-17(21)18(22-23-19)14-10-11-14/h3-5,7-8,14-16H,2,6,9-12H2,1H3,(H,22,23)/t15-,16-/m0/s1. The molecule has 2 fully saturated rings. The number of aromatic amines is 1. The van der Waals surface area contributed by atoms with Gasteiger partial charge in [0.15, 0.2) is 5.69 Å². The van der Waals surface area contributed by atoms with Crippen LogP contribution in [0.4, 0.5) is 0 Å². The van der Waals surface area contributed by atoms with Crippen LogP contribution in [0.3, 0.4) is 0 Å². The number of rotatable bonds is 5. The Morgan fingerprint density at radius 3 is 2.76 bits per heavy atom. The fourth-order valence-electron chi connectivity index (χ4n) is 4.16. The van der Waals surface area contributed by atoms with Gasteiger partial charge in [0.2, 0.25) is 0 Å². The average molecular weight is 402 g/mol.